The molecule has 0 fully saturated rings. The van der Waals surface area contributed by atoms with Crippen molar-refractivity contribution in [2.75, 3.05) is 37.0 Å². The van der Waals surface area contributed by atoms with Gasteiger partial charge in [-0.25, -0.2) is 0 Å². The van der Waals surface area contributed by atoms with Crippen LogP contribution >= 0.6 is 11.8 Å². The monoisotopic (exact) mass is 357 g/mol. The van der Waals surface area contributed by atoms with Crippen molar-refractivity contribution in [3.8, 4) is 0 Å². The second-order valence-corrected chi connectivity index (χ2v) is 6.50. The van der Waals surface area contributed by atoms with Gasteiger partial charge in [-0.05, 0) is 37.6 Å². The van der Waals surface area contributed by atoms with E-state index in [-0.39, 0.29) is 18.4 Å². The minimum Gasteiger partial charge on any atom is -0.326 e. The number of hydrogen-bond donors (Lipinski definition) is 2. The topological polar surface area (TPSA) is 61.4 Å². The molecule has 0 radical (unpaired) electrons. The summed E-state index contributed by atoms with van der Waals surface area (Å²) in [5.74, 6) is -0.154. The SMILES string of the molecule is CSc1ccccc1NC(=O)CN(C)CCC(=O)Nc1ccccc1. The number of hydrogen-bond acceptors (Lipinski definition) is 4. The molecule has 0 spiro atoms. The smallest absolute Gasteiger partial charge is 0.238 e. The third-order valence-corrected chi connectivity index (χ3v) is 4.37. The molecule has 2 amide bonds. The minimum atomic E-state index is -0.0903. The van der Waals surface area contributed by atoms with Crippen LogP contribution in [-0.4, -0.2) is 43.1 Å². The zero-order chi connectivity index (χ0) is 18.1. The van der Waals surface area contributed by atoms with Crippen LogP contribution in [0.5, 0.6) is 0 Å². The minimum absolute atomic E-state index is 0.0637. The zero-order valence-electron chi connectivity index (χ0n) is 14.5. The fourth-order valence-electron chi connectivity index (χ4n) is 2.30. The van der Waals surface area contributed by atoms with E-state index in [9.17, 15) is 9.59 Å². The van der Waals surface area contributed by atoms with Crippen LogP contribution in [0.25, 0.3) is 0 Å². The van der Waals surface area contributed by atoms with E-state index in [0.717, 1.165) is 16.3 Å². The van der Waals surface area contributed by atoms with E-state index in [4.69, 9.17) is 0 Å². The lowest BCUT2D eigenvalue weighted by atomic mass is 10.3. The summed E-state index contributed by atoms with van der Waals surface area (Å²) in [7, 11) is 1.83. The molecule has 0 unspecified atom stereocenters. The molecule has 132 valence electrons. The van der Waals surface area contributed by atoms with Crippen LogP contribution in [0.1, 0.15) is 6.42 Å². The Labute approximate surface area is 152 Å². The number of amides is 2. The summed E-state index contributed by atoms with van der Waals surface area (Å²) in [6.07, 6.45) is 2.31. The molecule has 2 N–H and O–H groups in total. The van der Waals surface area contributed by atoms with Crippen molar-refractivity contribution in [2.24, 2.45) is 0 Å². The lowest BCUT2D eigenvalue weighted by molar-refractivity contribution is -0.119. The molecule has 0 aliphatic carbocycles. The van der Waals surface area contributed by atoms with Gasteiger partial charge in [-0.1, -0.05) is 30.3 Å². The third kappa shape index (κ3) is 6.60. The maximum Gasteiger partial charge on any atom is 0.238 e. The summed E-state index contributed by atoms with van der Waals surface area (Å²) < 4.78 is 0. The first-order valence-electron chi connectivity index (χ1n) is 8.05. The Morgan fingerprint density at radius 1 is 0.960 bits per heavy atom. The van der Waals surface area contributed by atoms with Crippen LogP contribution in [0.4, 0.5) is 11.4 Å². The van der Waals surface area contributed by atoms with Gasteiger partial charge in [-0.3, -0.25) is 14.5 Å². The van der Waals surface area contributed by atoms with Crippen molar-refractivity contribution >= 4 is 35.0 Å². The highest BCUT2D eigenvalue weighted by Gasteiger charge is 2.10. The Kier molecular flexibility index (Phi) is 7.50. The fourth-order valence-corrected chi connectivity index (χ4v) is 2.85. The molecule has 0 atom stereocenters. The standard InChI is InChI=1S/C19H23N3O2S/c1-22(13-12-18(23)20-15-8-4-3-5-9-15)14-19(24)21-16-10-6-7-11-17(16)25-2/h3-11H,12-14H2,1-2H3,(H,20,23)(H,21,24). The van der Waals surface area contributed by atoms with Crippen molar-refractivity contribution in [1.29, 1.82) is 0 Å². The summed E-state index contributed by atoms with van der Waals surface area (Å²) >= 11 is 1.59. The number of benzene rings is 2. The predicted octanol–water partition coefficient (Wildman–Crippen LogP) is 3.31. The highest BCUT2D eigenvalue weighted by molar-refractivity contribution is 7.98. The summed E-state index contributed by atoms with van der Waals surface area (Å²) in [5.41, 5.74) is 1.59. The highest BCUT2D eigenvalue weighted by atomic mass is 32.2. The highest BCUT2D eigenvalue weighted by Crippen LogP contribution is 2.24. The van der Waals surface area contributed by atoms with Gasteiger partial charge >= 0.3 is 0 Å². The maximum absolute atomic E-state index is 12.2. The van der Waals surface area contributed by atoms with Crippen molar-refractivity contribution in [3.05, 3.63) is 54.6 Å². The second kappa shape index (κ2) is 9.86. The largest absolute Gasteiger partial charge is 0.326 e. The molecule has 0 heterocycles. The van der Waals surface area contributed by atoms with Crippen molar-refractivity contribution in [3.63, 3.8) is 0 Å². The molecule has 0 bridgehead atoms. The number of rotatable bonds is 8. The fraction of sp³-hybridized carbons (Fsp3) is 0.263. The van der Waals surface area contributed by atoms with E-state index < -0.39 is 0 Å². The molecule has 0 aliphatic rings. The number of likely N-dealkylation sites (N-methyl/N-ethyl adjacent to an activating group) is 1. The Balaban J connectivity index is 1.75. The van der Waals surface area contributed by atoms with Crippen molar-refractivity contribution < 1.29 is 9.59 Å². The number of nitrogens with one attached hydrogen (secondary N) is 2. The first-order chi connectivity index (χ1) is 12.1. The summed E-state index contributed by atoms with van der Waals surface area (Å²) in [4.78, 5) is 27.0. The first kappa shape index (κ1) is 19.0. The van der Waals surface area contributed by atoms with Gasteiger partial charge in [0.2, 0.25) is 11.8 Å². The average Bonchev–Trinajstić information content (AvgIpc) is 2.61. The summed E-state index contributed by atoms with van der Waals surface area (Å²) in [6.45, 7) is 0.748. The Hall–Kier alpha value is -2.31. The van der Waals surface area contributed by atoms with E-state index in [1.165, 1.54) is 0 Å². The van der Waals surface area contributed by atoms with Gasteiger partial charge in [-0.2, -0.15) is 0 Å². The van der Waals surface area contributed by atoms with Gasteiger partial charge in [0.05, 0.1) is 12.2 Å². The van der Waals surface area contributed by atoms with E-state index >= 15 is 0 Å². The van der Waals surface area contributed by atoms with E-state index in [1.54, 1.807) is 11.8 Å². The lowest BCUT2D eigenvalue weighted by Gasteiger charge is -2.17. The molecule has 2 aromatic rings. The van der Waals surface area contributed by atoms with Crippen LogP contribution in [0.2, 0.25) is 0 Å². The molecule has 5 nitrogen and oxygen atoms in total. The number of carbonyl (C=O) groups excluding carboxylic acids is 2. The molecule has 2 aromatic carbocycles. The normalized spacial score (nSPS) is 10.5. The quantitative estimate of drug-likeness (QED) is 0.712. The molecule has 0 aromatic heterocycles. The van der Waals surface area contributed by atoms with Crippen molar-refractivity contribution in [2.45, 2.75) is 11.3 Å². The summed E-state index contributed by atoms with van der Waals surface area (Å²) in [6, 6.07) is 17.0. The third-order valence-electron chi connectivity index (χ3n) is 3.57. The lowest BCUT2D eigenvalue weighted by Crippen LogP contribution is -2.32. The predicted molar refractivity (Wildman–Crippen MR) is 104 cm³/mol. The molecular weight excluding hydrogens is 334 g/mol. The van der Waals surface area contributed by atoms with Crippen LogP contribution in [0, 0.1) is 0 Å². The average molecular weight is 357 g/mol. The number of anilines is 2. The van der Waals surface area contributed by atoms with E-state index in [1.807, 2.05) is 72.8 Å². The van der Waals surface area contributed by atoms with Crippen LogP contribution in [0.15, 0.2) is 59.5 Å². The second-order valence-electron chi connectivity index (χ2n) is 5.65. The molecule has 0 saturated carbocycles. The van der Waals surface area contributed by atoms with Crippen LogP contribution < -0.4 is 10.6 Å². The number of carbonyl (C=O) groups is 2. The van der Waals surface area contributed by atoms with Gasteiger partial charge in [0.25, 0.3) is 0 Å². The van der Waals surface area contributed by atoms with E-state index in [0.29, 0.717) is 13.0 Å². The number of para-hydroxylation sites is 2. The van der Waals surface area contributed by atoms with Gasteiger partial charge in [0, 0.05) is 23.5 Å². The van der Waals surface area contributed by atoms with Gasteiger partial charge in [0.1, 0.15) is 0 Å². The number of nitrogens with zero attached hydrogens (tertiary/aromatic N) is 1. The summed E-state index contributed by atoms with van der Waals surface area (Å²) in [5, 5.41) is 5.75. The maximum atomic E-state index is 12.2. The Morgan fingerprint density at radius 3 is 2.36 bits per heavy atom. The molecule has 2 rings (SSSR count). The molecule has 0 aliphatic heterocycles. The van der Waals surface area contributed by atoms with Gasteiger partial charge in [0.15, 0.2) is 0 Å². The Bertz CT molecular complexity index is 707. The Morgan fingerprint density at radius 2 is 1.64 bits per heavy atom. The molecule has 25 heavy (non-hydrogen) atoms. The number of thioether (sulfide) groups is 1. The molecular formula is C19H23N3O2S. The van der Waals surface area contributed by atoms with E-state index in [2.05, 4.69) is 10.6 Å². The first-order valence-corrected chi connectivity index (χ1v) is 9.27. The molecule has 0 saturated heterocycles. The van der Waals surface area contributed by atoms with Crippen LogP contribution in [0.3, 0.4) is 0 Å². The van der Waals surface area contributed by atoms with Crippen LogP contribution in [-0.2, 0) is 9.59 Å². The molecule has 6 heteroatoms. The van der Waals surface area contributed by atoms with Gasteiger partial charge in [-0.15, -0.1) is 11.8 Å². The zero-order valence-corrected chi connectivity index (χ0v) is 15.3. The van der Waals surface area contributed by atoms with Gasteiger partial charge < -0.3 is 10.6 Å². The van der Waals surface area contributed by atoms with Crippen molar-refractivity contribution in [1.82, 2.24) is 4.90 Å².